The van der Waals surface area contributed by atoms with Crippen LogP contribution < -0.4 is 5.56 Å². The second-order valence-corrected chi connectivity index (χ2v) is 2.87. The molecule has 0 aromatic carbocycles. The lowest BCUT2D eigenvalue weighted by molar-refractivity contribution is 0.458. The van der Waals surface area contributed by atoms with Gasteiger partial charge < -0.3 is 5.11 Å². The third kappa shape index (κ3) is 1.16. The van der Waals surface area contributed by atoms with Gasteiger partial charge in [-0.1, -0.05) is 0 Å². The van der Waals surface area contributed by atoms with Gasteiger partial charge in [-0.05, 0) is 18.6 Å². The molecule has 0 saturated heterocycles. The molecule has 66 valence electrons. The van der Waals surface area contributed by atoms with Crippen molar-refractivity contribution in [2.75, 3.05) is 0 Å². The highest BCUT2D eigenvalue weighted by molar-refractivity contribution is 5.85. The Balaban J connectivity index is 3.03. The van der Waals surface area contributed by atoms with E-state index in [9.17, 15) is 9.90 Å². The molecule has 4 heteroatoms. The molecule has 2 heterocycles. The van der Waals surface area contributed by atoms with E-state index in [4.69, 9.17) is 0 Å². The molecule has 0 atom stereocenters. The lowest BCUT2D eigenvalue weighted by Gasteiger charge is -2.01. The Morgan fingerprint density at radius 3 is 3.08 bits per heavy atom. The van der Waals surface area contributed by atoms with Gasteiger partial charge in [0.1, 0.15) is 0 Å². The van der Waals surface area contributed by atoms with Gasteiger partial charge in [-0.2, -0.15) is 0 Å². The third-order valence-corrected chi connectivity index (χ3v) is 1.93. The Morgan fingerprint density at radius 2 is 2.31 bits per heavy atom. The van der Waals surface area contributed by atoms with Crippen molar-refractivity contribution in [3.63, 3.8) is 0 Å². The summed E-state index contributed by atoms with van der Waals surface area (Å²) in [6, 6.07) is 3.14. The molecular weight excluding hydrogens is 168 g/mol. The van der Waals surface area contributed by atoms with Gasteiger partial charge in [-0.25, -0.2) is 0 Å². The van der Waals surface area contributed by atoms with Gasteiger partial charge >= 0.3 is 0 Å². The summed E-state index contributed by atoms with van der Waals surface area (Å²) in [6.45, 7) is 1.85. The summed E-state index contributed by atoms with van der Waals surface area (Å²) in [5, 5.41) is 10.0. The van der Waals surface area contributed by atoms with Crippen LogP contribution in [-0.2, 0) is 0 Å². The van der Waals surface area contributed by atoms with E-state index < -0.39 is 0 Å². The van der Waals surface area contributed by atoms with Crippen LogP contribution >= 0.6 is 0 Å². The SMILES string of the molecule is Cc1ccnc2cc(=O)[nH]c(O)c12. The number of aromatic hydroxyl groups is 1. The topological polar surface area (TPSA) is 66.0 Å². The summed E-state index contributed by atoms with van der Waals surface area (Å²) >= 11 is 0. The van der Waals surface area contributed by atoms with Crippen LogP contribution in [0.4, 0.5) is 0 Å². The molecule has 2 rings (SSSR count). The predicted octanol–water partition coefficient (Wildman–Crippen LogP) is 0.937. The second-order valence-electron chi connectivity index (χ2n) is 2.87. The van der Waals surface area contributed by atoms with E-state index in [0.29, 0.717) is 10.9 Å². The van der Waals surface area contributed by atoms with Crippen LogP contribution in [0.15, 0.2) is 23.1 Å². The first-order valence-corrected chi connectivity index (χ1v) is 3.86. The van der Waals surface area contributed by atoms with Crippen molar-refractivity contribution in [2.24, 2.45) is 0 Å². The van der Waals surface area contributed by atoms with Crippen molar-refractivity contribution in [3.8, 4) is 5.88 Å². The van der Waals surface area contributed by atoms with Crippen molar-refractivity contribution in [3.05, 3.63) is 34.2 Å². The highest BCUT2D eigenvalue weighted by Crippen LogP contribution is 2.21. The zero-order valence-corrected chi connectivity index (χ0v) is 7.03. The van der Waals surface area contributed by atoms with Gasteiger partial charge in [0, 0.05) is 12.3 Å². The van der Waals surface area contributed by atoms with Crippen LogP contribution in [0.1, 0.15) is 5.56 Å². The van der Waals surface area contributed by atoms with Crippen LogP contribution in [0.5, 0.6) is 5.88 Å². The van der Waals surface area contributed by atoms with Crippen molar-refractivity contribution < 1.29 is 5.11 Å². The second kappa shape index (κ2) is 2.58. The molecule has 0 radical (unpaired) electrons. The smallest absolute Gasteiger partial charge is 0.252 e. The third-order valence-electron chi connectivity index (χ3n) is 1.93. The van der Waals surface area contributed by atoms with Gasteiger partial charge in [0.2, 0.25) is 5.88 Å². The maximum atomic E-state index is 11.0. The largest absolute Gasteiger partial charge is 0.494 e. The number of nitrogens with one attached hydrogen (secondary N) is 1. The first kappa shape index (κ1) is 7.79. The number of aryl methyl sites for hydroxylation is 1. The normalized spacial score (nSPS) is 10.5. The Hall–Kier alpha value is -1.84. The molecule has 2 aromatic heterocycles. The van der Waals surface area contributed by atoms with Crippen molar-refractivity contribution >= 4 is 10.9 Å². The zero-order chi connectivity index (χ0) is 9.42. The zero-order valence-electron chi connectivity index (χ0n) is 7.03. The number of nitrogens with zero attached hydrogens (tertiary/aromatic N) is 1. The average Bonchev–Trinajstić information content (AvgIpc) is 2.02. The minimum absolute atomic E-state index is 0.117. The summed E-state index contributed by atoms with van der Waals surface area (Å²) in [5.41, 5.74) is 1.06. The van der Waals surface area contributed by atoms with E-state index in [1.54, 1.807) is 12.3 Å². The maximum absolute atomic E-state index is 11.0. The van der Waals surface area contributed by atoms with Gasteiger partial charge in [-0.3, -0.25) is 14.8 Å². The monoisotopic (exact) mass is 176 g/mol. The minimum Gasteiger partial charge on any atom is -0.494 e. The Bertz CT molecular complexity index is 516. The van der Waals surface area contributed by atoms with E-state index in [1.165, 1.54) is 6.07 Å². The fourth-order valence-corrected chi connectivity index (χ4v) is 1.34. The van der Waals surface area contributed by atoms with Crippen LogP contribution in [0, 0.1) is 6.92 Å². The fraction of sp³-hybridized carbons (Fsp3) is 0.111. The molecule has 0 bridgehead atoms. The first-order valence-electron chi connectivity index (χ1n) is 3.86. The predicted molar refractivity (Wildman–Crippen MR) is 48.8 cm³/mol. The quantitative estimate of drug-likeness (QED) is 0.627. The number of aromatic nitrogens is 2. The number of H-pyrrole nitrogens is 1. The molecule has 0 fully saturated rings. The Morgan fingerprint density at radius 1 is 1.54 bits per heavy atom. The van der Waals surface area contributed by atoms with Crippen LogP contribution in [0.25, 0.3) is 10.9 Å². The Kier molecular flexibility index (Phi) is 1.55. The molecular formula is C9H8N2O2. The number of fused-ring (bicyclic) bond motifs is 1. The molecule has 0 unspecified atom stereocenters. The van der Waals surface area contributed by atoms with Gasteiger partial charge in [0.25, 0.3) is 5.56 Å². The van der Waals surface area contributed by atoms with E-state index in [1.807, 2.05) is 6.92 Å². The summed E-state index contributed by atoms with van der Waals surface area (Å²) in [5.74, 6) is -0.117. The van der Waals surface area contributed by atoms with Crippen molar-refractivity contribution in [1.29, 1.82) is 0 Å². The average molecular weight is 176 g/mol. The highest BCUT2D eigenvalue weighted by atomic mass is 16.3. The summed E-state index contributed by atoms with van der Waals surface area (Å²) in [6.07, 6.45) is 1.61. The summed E-state index contributed by atoms with van der Waals surface area (Å²) in [4.78, 5) is 17.3. The number of aromatic amines is 1. The van der Waals surface area contributed by atoms with E-state index in [0.717, 1.165) is 5.56 Å². The van der Waals surface area contributed by atoms with Crippen molar-refractivity contribution in [1.82, 2.24) is 9.97 Å². The van der Waals surface area contributed by atoms with Gasteiger partial charge in [0.15, 0.2) is 0 Å². The highest BCUT2D eigenvalue weighted by Gasteiger charge is 2.04. The minimum atomic E-state index is -0.344. The van der Waals surface area contributed by atoms with Gasteiger partial charge in [-0.15, -0.1) is 0 Å². The molecule has 4 nitrogen and oxygen atoms in total. The lowest BCUT2D eigenvalue weighted by Crippen LogP contribution is -2.04. The van der Waals surface area contributed by atoms with Crippen LogP contribution in [0.3, 0.4) is 0 Å². The summed E-state index contributed by atoms with van der Waals surface area (Å²) in [7, 11) is 0. The molecule has 13 heavy (non-hydrogen) atoms. The van der Waals surface area contributed by atoms with E-state index in [2.05, 4.69) is 9.97 Å². The molecule has 0 aliphatic carbocycles. The molecule has 0 spiro atoms. The standard InChI is InChI=1S/C9H8N2O2/c1-5-2-3-10-6-4-7(12)11-9(13)8(5)6/h2-4H,1H3,(H2,11,12,13). The van der Waals surface area contributed by atoms with Crippen LogP contribution in [-0.4, -0.2) is 15.1 Å². The number of hydrogen-bond acceptors (Lipinski definition) is 3. The van der Waals surface area contributed by atoms with Gasteiger partial charge in [0.05, 0.1) is 10.9 Å². The molecule has 0 aliphatic heterocycles. The molecule has 0 amide bonds. The first-order chi connectivity index (χ1) is 6.18. The Labute approximate surface area is 73.9 Å². The van der Waals surface area contributed by atoms with E-state index in [-0.39, 0.29) is 11.4 Å². The number of rotatable bonds is 0. The number of hydrogen-bond donors (Lipinski definition) is 2. The fourth-order valence-electron chi connectivity index (χ4n) is 1.34. The molecule has 2 aromatic rings. The number of pyridine rings is 2. The maximum Gasteiger partial charge on any atom is 0.252 e. The van der Waals surface area contributed by atoms with Crippen molar-refractivity contribution in [2.45, 2.75) is 6.92 Å². The van der Waals surface area contributed by atoms with Crippen LogP contribution in [0.2, 0.25) is 0 Å². The molecule has 0 aliphatic rings. The summed E-state index contributed by atoms with van der Waals surface area (Å²) < 4.78 is 0. The van der Waals surface area contributed by atoms with E-state index >= 15 is 0 Å². The molecule has 0 saturated carbocycles. The molecule has 2 N–H and O–H groups in total. The lowest BCUT2D eigenvalue weighted by atomic mass is 10.1.